The molecule has 0 radical (unpaired) electrons. The zero-order chi connectivity index (χ0) is 43.3. The van der Waals surface area contributed by atoms with Crippen LogP contribution in [0.25, 0.3) is 142 Å². The van der Waals surface area contributed by atoms with Crippen LogP contribution in [0.2, 0.25) is 0 Å². The lowest BCUT2D eigenvalue weighted by atomic mass is 9.85. The van der Waals surface area contributed by atoms with E-state index in [-0.39, 0.29) is 0 Å². The molecular formula is C64H38N2. The van der Waals surface area contributed by atoms with Gasteiger partial charge in [0.15, 0.2) is 5.82 Å². The van der Waals surface area contributed by atoms with Crippen LogP contribution in [0.4, 0.5) is 0 Å². The molecular weight excluding hydrogens is 797 g/mol. The molecule has 0 aliphatic rings. The van der Waals surface area contributed by atoms with E-state index in [2.05, 4.69) is 206 Å². The molecule has 14 rings (SSSR count). The Kier molecular flexibility index (Phi) is 8.02. The first-order chi connectivity index (χ1) is 32.7. The molecule has 304 valence electrons. The molecule has 1 heterocycles. The van der Waals surface area contributed by atoms with E-state index in [1.54, 1.807) is 0 Å². The second-order valence-electron chi connectivity index (χ2n) is 17.5. The lowest BCUT2D eigenvalue weighted by molar-refractivity contribution is 1.19. The molecule has 0 aliphatic carbocycles. The SMILES string of the molecule is c1ccc(-c2cc(-c3c4ccccc4c(-c4ccc(-c5cc6cccc7c8cccc9ccc%10cccc(c%11cccc5c%11c67)c%10c98)cc4)c4ccccc34)nc(-c3ccccc3)n2)cc1. The van der Waals surface area contributed by atoms with E-state index >= 15 is 0 Å². The maximum absolute atomic E-state index is 5.34. The van der Waals surface area contributed by atoms with Crippen LogP contribution in [0, 0.1) is 0 Å². The summed E-state index contributed by atoms with van der Waals surface area (Å²) in [7, 11) is 0. The quantitative estimate of drug-likeness (QED) is 0.127. The standard InChI is InChI=1S/C64H38N2/c1-3-15-40(16-4-1)56-38-57(66-64(65-56)44-17-5-2-6-18-44)62-51-24-9-7-22-46(51)58(47-23-8-10-25-52(47)62)43-33-31-39(32-34-43)55-37-45-21-13-28-49-48-26-11-19-41-35-36-42-20-12-27-50(60(42)59(41)48)53-29-14-30-54(55)63(53)61(45)49/h1-38H. The third kappa shape index (κ3) is 5.49. The third-order valence-corrected chi connectivity index (χ3v) is 14.0. The second-order valence-corrected chi connectivity index (χ2v) is 17.5. The fourth-order valence-electron chi connectivity index (χ4n) is 11.1. The van der Waals surface area contributed by atoms with Crippen molar-refractivity contribution >= 4 is 86.2 Å². The molecule has 0 unspecified atom stereocenters. The highest BCUT2D eigenvalue weighted by molar-refractivity contribution is 6.38. The van der Waals surface area contributed by atoms with Gasteiger partial charge in [0.2, 0.25) is 0 Å². The van der Waals surface area contributed by atoms with Gasteiger partial charge in [0, 0.05) is 16.7 Å². The number of hydrogen-bond donors (Lipinski definition) is 0. The maximum Gasteiger partial charge on any atom is 0.160 e. The van der Waals surface area contributed by atoms with E-state index < -0.39 is 0 Å². The smallest absolute Gasteiger partial charge is 0.160 e. The van der Waals surface area contributed by atoms with E-state index in [9.17, 15) is 0 Å². The van der Waals surface area contributed by atoms with Crippen molar-refractivity contribution in [3.63, 3.8) is 0 Å². The molecule has 1 aromatic heterocycles. The molecule has 66 heavy (non-hydrogen) atoms. The topological polar surface area (TPSA) is 25.8 Å². The minimum absolute atomic E-state index is 0.709. The molecule has 0 saturated heterocycles. The number of benzene rings is 12. The Morgan fingerprint density at radius 2 is 0.652 bits per heavy atom. The van der Waals surface area contributed by atoms with Gasteiger partial charge in [-0.1, -0.05) is 218 Å². The summed E-state index contributed by atoms with van der Waals surface area (Å²) in [5, 5.41) is 20.2. The van der Waals surface area contributed by atoms with Gasteiger partial charge in [0.05, 0.1) is 11.4 Å². The largest absolute Gasteiger partial charge is 0.228 e. The van der Waals surface area contributed by atoms with Gasteiger partial charge in [-0.2, -0.15) is 0 Å². The summed E-state index contributed by atoms with van der Waals surface area (Å²) in [4.78, 5) is 10.5. The van der Waals surface area contributed by atoms with Crippen LogP contribution in [-0.4, -0.2) is 9.97 Å². The summed E-state index contributed by atoms with van der Waals surface area (Å²) in [5.41, 5.74) is 9.78. The van der Waals surface area contributed by atoms with Gasteiger partial charge < -0.3 is 0 Å². The predicted molar refractivity (Wildman–Crippen MR) is 280 cm³/mol. The van der Waals surface area contributed by atoms with E-state index in [1.165, 1.54) is 97.7 Å². The van der Waals surface area contributed by atoms with Crippen LogP contribution >= 0.6 is 0 Å². The molecule has 0 bridgehead atoms. The van der Waals surface area contributed by atoms with Gasteiger partial charge in [-0.25, -0.2) is 9.97 Å². The van der Waals surface area contributed by atoms with Crippen LogP contribution in [-0.2, 0) is 0 Å². The van der Waals surface area contributed by atoms with Crippen molar-refractivity contribution in [3.8, 4) is 56.2 Å². The van der Waals surface area contributed by atoms with Gasteiger partial charge in [0.25, 0.3) is 0 Å². The molecule has 0 atom stereocenters. The molecule has 0 saturated carbocycles. The molecule has 0 aliphatic heterocycles. The number of aromatic nitrogens is 2. The zero-order valence-corrected chi connectivity index (χ0v) is 35.8. The highest BCUT2D eigenvalue weighted by atomic mass is 14.9. The first-order valence-corrected chi connectivity index (χ1v) is 22.7. The molecule has 0 N–H and O–H groups in total. The molecule has 14 aromatic rings. The first kappa shape index (κ1) is 36.7. The number of rotatable bonds is 5. The third-order valence-electron chi connectivity index (χ3n) is 14.0. The Morgan fingerprint density at radius 1 is 0.227 bits per heavy atom. The Labute approximate surface area is 381 Å². The normalized spacial score (nSPS) is 11.9. The van der Waals surface area contributed by atoms with Crippen molar-refractivity contribution in [1.29, 1.82) is 0 Å². The van der Waals surface area contributed by atoms with Gasteiger partial charge in [-0.15, -0.1) is 0 Å². The maximum atomic E-state index is 5.34. The van der Waals surface area contributed by atoms with Gasteiger partial charge in [-0.05, 0) is 121 Å². The highest BCUT2D eigenvalue weighted by Gasteiger charge is 2.21. The Hall–Kier alpha value is -8.72. The van der Waals surface area contributed by atoms with Crippen molar-refractivity contribution in [2.45, 2.75) is 0 Å². The summed E-state index contributed by atoms with van der Waals surface area (Å²) in [6.07, 6.45) is 0. The summed E-state index contributed by atoms with van der Waals surface area (Å²) in [6, 6.07) is 84.2. The predicted octanol–water partition coefficient (Wildman–Crippen LogP) is 17.5. The van der Waals surface area contributed by atoms with Crippen LogP contribution in [0.5, 0.6) is 0 Å². The molecule has 0 amide bonds. The summed E-state index contributed by atoms with van der Waals surface area (Å²) >= 11 is 0. The van der Waals surface area contributed by atoms with Crippen LogP contribution in [0.3, 0.4) is 0 Å². The lowest BCUT2D eigenvalue weighted by Crippen LogP contribution is -1.98. The fourth-order valence-corrected chi connectivity index (χ4v) is 11.1. The van der Waals surface area contributed by atoms with E-state index in [4.69, 9.17) is 9.97 Å². The second kappa shape index (κ2) is 14.4. The monoisotopic (exact) mass is 834 g/mol. The van der Waals surface area contributed by atoms with Crippen molar-refractivity contribution in [1.82, 2.24) is 9.97 Å². The van der Waals surface area contributed by atoms with Crippen molar-refractivity contribution < 1.29 is 0 Å². The number of hydrogen-bond acceptors (Lipinski definition) is 2. The van der Waals surface area contributed by atoms with Crippen molar-refractivity contribution in [2.24, 2.45) is 0 Å². The van der Waals surface area contributed by atoms with Crippen molar-refractivity contribution in [2.75, 3.05) is 0 Å². The summed E-state index contributed by atoms with van der Waals surface area (Å²) in [5.74, 6) is 0.709. The molecule has 0 spiro atoms. The molecule has 0 fully saturated rings. The van der Waals surface area contributed by atoms with Crippen molar-refractivity contribution in [3.05, 3.63) is 231 Å². The van der Waals surface area contributed by atoms with Gasteiger partial charge in [0.1, 0.15) is 0 Å². The Morgan fingerprint density at radius 3 is 1.24 bits per heavy atom. The van der Waals surface area contributed by atoms with Gasteiger partial charge in [-0.3, -0.25) is 0 Å². The zero-order valence-electron chi connectivity index (χ0n) is 35.8. The Bertz CT molecular complexity index is 4130. The van der Waals surface area contributed by atoms with E-state index in [1.807, 2.05) is 24.3 Å². The van der Waals surface area contributed by atoms with Crippen LogP contribution in [0.15, 0.2) is 231 Å². The molecule has 2 nitrogen and oxygen atoms in total. The average molecular weight is 835 g/mol. The van der Waals surface area contributed by atoms with E-state index in [0.29, 0.717) is 5.82 Å². The van der Waals surface area contributed by atoms with Crippen LogP contribution < -0.4 is 0 Å². The highest BCUT2D eigenvalue weighted by Crippen LogP contribution is 2.47. The Balaban J connectivity index is 0.986. The lowest BCUT2D eigenvalue weighted by Gasteiger charge is -2.19. The number of fused-ring (bicyclic) bond motifs is 4. The first-order valence-electron chi connectivity index (χ1n) is 22.7. The van der Waals surface area contributed by atoms with Crippen LogP contribution in [0.1, 0.15) is 0 Å². The minimum atomic E-state index is 0.709. The molecule has 2 heteroatoms. The number of nitrogens with zero attached hydrogens (tertiary/aromatic N) is 2. The molecule has 13 aromatic carbocycles. The minimum Gasteiger partial charge on any atom is -0.228 e. The van der Waals surface area contributed by atoms with E-state index in [0.717, 1.165) is 38.9 Å². The van der Waals surface area contributed by atoms with Gasteiger partial charge >= 0.3 is 0 Å². The fraction of sp³-hybridized carbons (Fsp3) is 0. The summed E-state index contributed by atoms with van der Waals surface area (Å²) < 4.78 is 0. The summed E-state index contributed by atoms with van der Waals surface area (Å²) in [6.45, 7) is 0. The average Bonchev–Trinajstić information content (AvgIpc) is 3.39.